The molecular weight excluding hydrogens is 689 g/mol. The maximum Gasteiger partial charge on any atom is 0.472 e. The predicted octanol–water partition coefficient (Wildman–Crippen LogP) is 11.9. The van der Waals surface area contributed by atoms with E-state index in [0.717, 1.165) is 70.6 Å². The van der Waals surface area contributed by atoms with E-state index < -0.39 is 26.5 Å². The molecule has 2 unspecified atom stereocenters. The summed E-state index contributed by atoms with van der Waals surface area (Å²) in [7, 11) is -4.38. The molecule has 0 aromatic carbocycles. The molecule has 3 N–H and O–H groups in total. The van der Waals surface area contributed by atoms with Crippen LogP contribution in [0.2, 0.25) is 0 Å². The number of hydrogen-bond donors (Lipinski definition) is 2. The van der Waals surface area contributed by atoms with Crippen molar-refractivity contribution < 1.29 is 37.6 Å². The van der Waals surface area contributed by atoms with Gasteiger partial charge in [0.25, 0.3) is 0 Å². The SMILES string of the molecule is CCC=CCC=CCC=CCC=CCCCCCCC(=O)OC(COC(=O)CCCCCCCCCCCCCCCCC)COP(=O)(O)OCCN. The highest BCUT2D eigenvalue weighted by molar-refractivity contribution is 7.47. The lowest BCUT2D eigenvalue weighted by molar-refractivity contribution is -0.161. The number of unbranched alkanes of at least 4 members (excludes halogenated alkanes) is 18. The minimum Gasteiger partial charge on any atom is -0.462 e. The first-order chi connectivity index (χ1) is 25.8. The normalized spacial score (nSPS) is 13.8. The second-order valence-electron chi connectivity index (χ2n) is 13.8. The number of ether oxygens (including phenoxy) is 2. The Morgan fingerprint density at radius 3 is 1.55 bits per heavy atom. The van der Waals surface area contributed by atoms with Crippen LogP contribution in [-0.4, -0.2) is 49.3 Å². The molecule has 0 aliphatic heterocycles. The molecular formula is C43H78NO8P. The van der Waals surface area contributed by atoms with Crippen molar-refractivity contribution in [2.24, 2.45) is 5.73 Å². The fourth-order valence-corrected chi connectivity index (χ4v) is 6.39. The molecule has 10 heteroatoms. The molecule has 0 saturated heterocycles. The summed E-state index contributed by atoms with van der Waals surface area (Å²) in [4.78, 5) is 34.8. The van der Waals surface area contributed by atoms with Crippen molar-refractivity contribution in [3.8, 4) is 0 Å². The van der Waals surface area contributed by atoms with Gasteiger partial charge in [-0.05, 0) is 51.4 Å². The van der Waals surface area contributed by atoms with Gasteiger partial charge in [-0.25, -0.2) is 4.57 Å². The van der Waals surface area contributed by atoms with Gasteiger partial charge in [0.2, 0.25) is 0 Å². The summed E-state index contributed by atoms with van der Waals surface area (Å²) in [6.45, 7) is 3.59. The van der Waals surface area contributed by atoms with Gasteiger partial charge in [-0.1, -0.05) is 165 Å². The van der Waals surface area contributed by atoms with E-state index in [4.69, 9.17) is 24.3 Å². The van der Waals surface area contributed by atoms with Crippen molar-refractivity contribution in [2.45, 2.75) is 187 Å². The van der Waals surface area contributed by atoms with Crippen molar-refractivity contribution in [3.05, 3.63) is 48.6 Å². The summed E-state index contributed by atoms with van der Waals surface area (Å²) in [5.41, 5.74) is 5.34. The standard InChI is InChI=1S/C43H78NO8P/c1-3-5-7-9-11-13-15-17-19-20-22-24-26-28-30-32-34-36-43(46)52-41(40-51-53(47,48)50-38-37-44)39-49-42(45)35-33-31-29-27-25-23-21-18-16-14-12-10-8-6-4-2/h5,7,11,13,17,19,22,24,41H,3-4,6,8-10,12,14-16,18,20-21,23,25-40,44H2,1-2H3,(H,47,48). The van der Waals surface area contributed by atoms with Crippen LogP contribution in [0.1, 0.15) is 181 Å². The van der Waals surface area contributed by atoms with Gasteiger partial charge in [-0.15, -0.1) is 0 Å². The largest absolute Gasteiger partial charge is 0.472 e. The number of nitrogens with two attached hydrogens (primary N) is 1. The van der Waals surface area contributed by atoms with Crippen molar-refractivity contribution in [2.75, 3.05) is 26.4 Å². The van der Waals surface area contributed by atoms with E-state index in [1.807, 2.05) is 0 Å². The van der Waals surface area contributed by atoms with Crippen molar-refractivity contribution in [1.29, 1.82) is 0 Å². The number of esters is 2. The second kappa shape index (κ2) is 39.7. The zero-order chi connectivity index (χ0) is 38.9. The van der Waals surface area contributed by atoms with Crippen LogP contribution in [0.3, 0.4) is 0 Å². The van der Waals surface area contributed by atoms with E-state index in [1.165, 1.54) is 77.0 Å². The molecule has 0 bridgehead atoms. The maximum atomic E-state index is 12.6. The maximum absolute atomic E-state index is 12.6. The smallest absolute Gasteiger partial charge is 0.462 e. The number of phosphoric ester groups is 1. The Morgan fingerprint density at radius 1 is 0.585 bits per heavy atom. The van der Waals surface area contributed by atoms with Crippen LogP contribution in [0.4, 0.5) is 0 Å². The van der Waals surface area contributed by atoms with Gasteiger partial charge in [0.05, 0.1) is 13.2 Å². The third-order valence-electron chi connectivity index (χ3n) is 8.73. The molecule has 0 aliphatic carbocycles. The molecule has 0 aliphatic rings. The molecule has 0 aromatic rings. The Hall–Kier alpha value is -2.03. The Morgan fingerprint density at radius 2 is 1.04 bits per heavy atom. The summed E-state index contributed by atoms with van der Waals surface area (Å²) < 4.78 is 32.7. The molecule has 0 spiro atoms. The minimum atomic E-state index is -4.38. The van der Waals surface area contributed by atoms with E-state index in [-0.39, 0.29) is 38.6 Å². The van der Waals surface area contributed by atoms with Crippen molar-refractivity contribution in [1.82, 2.24) is 0 Å². The van der Waals surface area contributed by atoms with Crippen molar-refractivity contribution >= 4 is 19.8 Å². The van der Waals surface area contributed by atoms with Crippen LogP contribution in [0.25, 0.3) is 0 Å². The van der Waals surface area contributed by atoms with Crippen LogP contribution < -0.4 is 5.73 Å². The monoisotopic (exact) mass is 768 g/mol. The van der Waals surface area contributed by atoms with Crippen molar-refractivity contribution in [3.63, 3.8) is 0 Å². The average molecular weight is 768 g/mol. The highest BCUT2D eigenvalue weighted by Gasteiger charge is 2.26. The molecule has 308 valence electrons. The van der Waals surface area contributed by atoms with Gasteiger partial charge in [-0.2, -0.15) is 0 Å². The molecule has 9 nitrogen and oxygen atoms in total. The number of carbonyl (C=O) groups excluding carboxylic acids is 2. The Kier molecular flexibility index (Phi) is 38.1. The number of carbonyl (C=O) groups is 2. The second-order valence-corrected chi connectivity index (χ2v) is 15.3. The van der Waals surface area contributed by atoms with Gasteiger partial charge in [0.1, 0.15) is 6.61 Å². The predicted molar refractivity (Wildman–Crippen MR) is 220 cm³/mol. The van der Waals surface area contributed by atoms with Gasteiger partial charge in [0.15, 0.2) is 6.10 Å². The van der Waals surface area contributed by atoms with Crippen LogP contribution in [0.5, 0.6) is 0 Å². The van der Waals surface area contributed by atoms with Gasteiger partial charge in [-0.3, -0.25) is 18.6 Å². The topological polar surface area (TPSA) is 134 Å². The Balaban J connectivity index is 4.21. The van der Waals surface area contributed by atoms with E-state index in [2.05, 4.69) is 62.5 Å². The molecule has 0 rings (SSSR count). The van der Waals surface area contributed by atoms with Crippen LogP contribution in [0, 0.1) is 0 Å². The lowest BCUT2D eigenvalue weighted by atomic mass is 10.0. The van der Waals surface area contributed by atoms with Gasteiger partial charge >= 0.3 is 19.8 Å². The van der Waals surface area contributed by atoms with E-state index in [9.17, 15) is 19.0 Å². The third kappa shape index (κ3) is 39.5. The summed E-state index contributed by atoms with van der Waals surface area (Å²) in [5.74, 6) is -0.854. The highest BCUT2D eigenvalue weighted by Crippen LogP contribution is 2.43. The zero-order valence-electron chi connectivity index (χ0n) is 33.7. The summed E-state index contributed by atoms with van der Waals surface area (Å²) in [6.07, 6.45) is 44.2. The first-order valence-electron chi connectivity index (χ1n) is 21.1. The minimum absolute atomic E-state index is 0.0483. The van der Waals surface area contributed by atoms with Gasteiger partial charge < -0.3 is 20.1 Å². The molecule has 0 saturated carbocycles. The van der Waals surface area contributed by atoms with E-state index >= 15 is 0 Å². The Bertz CT molecular complexity index is 1010. The number of phosphoric acid groups is 1. The molecule has 53 heavy (non-hydrogen) atoms. The fourth-order valence-electron chi connectivity index (χ4n) is 5.62. The first kappa shape index (κ1) is 51.0. The summed E-state index contributed by atoms with van der Waals surface area (Å²) in [5, 5.41) is 0. The van der Waals surface area contributed by atoms with Crippen LogP contribution in [0.15, 0.2) is 48.6 Å². The van der Waals surface area contributed by atoms with Crippen LogP contribution in [-0.2, 0) is 32.7 Å². The highest BCUT2D eigenvalue weighted by atomic mass is 31.2. The summed E-state index contributed by atoms with van der Waals surface area (Å²) in [6, 6.07) is 0. The molecule has 0 heterocycles. The lowest BCUT2D eigenvalue weighted by Gasteiger charge is -2.19. The molecule has 0 aromatic heterocycles. The quantitative estimate of drug-likeness (QED) is 0.0271. The average Bonchev–Trinajstić information content (AvgIpc) is 3.14. The summed E-state index contributed by atoms with van der Waals surface area (Å²) >= 11 is 0. The van der Waals surface area contributed by atoms with E-state index in [0.29, 0.717) is 6.42 Å². The Labute approximate surface area is 324 Å². The van der Waals surface area contributed by atoms with E-state index in [1.54, 1.807) is 0 Å². The lowest BCUT2D eigenvalue weighted by Crippen LogP contribution is -2.29. The third-order valence-corrected chi connectivity index (χ3v) is 9.71. The van der Waals surface area contributed by atoms with Gasteiger partial charge in [0, 0.05) is 19.4 Å². The van der Waals surface area contributed by atoms with Crippen LogP contribution >= 0.6 is 7.82 Å². The molecule has 2 atom stereocenters. The molecule has 0 amide bonds. The molecule has 0 radical (unpaired) electrons. The number of rotatable bonds is 39. The molecule has 0 fully saturated rings. The number of allylic oxidation sites excluding steroid dienone is 8. The number of hydrogen-bond acceptors (Lipinski definition) is 8. The first-order valence-corrected chi connectivity index (χ1v) is 22.6. The zero-order valence-corrected chi connectivity index (χ0v) is 34.6. The fraction of sp³-hybridized carbons (Fsp3) is 0.767.